The van der Waals surface area contributed by atoms with E-state index in [1.54, 1.807) is 19.1 Å². The maximum atomic E-state index is 13.0. The van der Waals surface area contributed by atoms with Gasteiger partial charge in [0.15, 0.2) is 10.8 Å². The number of nitro groups is 1. The van der Waals surface area contributed by atoms with Gasteiger partial charge in [-0.2, -0.15) is 4.68 Å². The summed E-state index contributed by atoms with van der Waals surface area (Å²) in [6.45, 7) is 9.30. The molecule has 4 aromatic rings. The number of nitrogens with one attached hydrogen (secondary N) is 1. The molecule has 0 atom stereocenters. The summed E-state index contributed by atoms with van der Waals surface area (Å²) in [5.74, 6) is 0.0656. The quantitative estimate of drug-likeness (QED) is 0.254. The molecular weight excluding hydrogens is 474 g/mol. The van der Waals surface area contributed by atoms with Crippen LogP contribution >= 0.6 is 11.6 Å². The van der Waals surface area contributed by atoms with Gasteiger partial charge in [-0.25, -0.2) is 4.98 Å². The number of anilines is 1. The van der Waals surface area contributed by atoms with Crippen LogP contribution < -0.4 is 5.32 Å². The number of benzene rings is 1. The Morgan fingerprint density at radius 2 is 1.97 bits per heavy atom. The van der Waals surface area contributed by atoms with Crippen LogP contribution in [0.5, 0.6) is 0 Å². The second kappa shape index (κ2) is 10.3. The van der Waals surface area contributed by atoms with Crippen LogP contribution in [0.15, 0.2) is 40.8 Å². The van der Waals surface area contributed by atoms with E-state index in [1.165, 1.54) is 4.68 Å². The monoisotopic (exact) mass is 499 g/mol. The zero-order valence-electron chi connectivity index (χ0n) is 19.7. The number of fused-ring (bicyclic) bond motifs is 1. The van der Waals surface area contributed by atoms with Gasteiger partial charge in [-0.1, -0.05) is 37.6 Å². The summed E-state index contributed by atoms with van der Waals surface area (Å²) >= 11 is 6.00. The fraction of sp³-hybridized carbons (Fsp3) is 0.348. The lowest BCUT2D eigenvalue weighted by Gasteiger charge is -2.19. The second-order valence-corrected chi connectivity index (χ2v) is 8.34. The zero-order chi connectivity index (χ0) is 25.1. The molecule has 0 bridgehead atoms. The number of rotatable bonds is 10. The number of imidazole rings is 1. The first kappa shape index (κ1) is 24.4. The van der Waals surface area contributed by atoms with E-state index >= 15 is 0 Å². The average Bonchev–Trinajstić information content (AvgIpc) is 3.53. The molecule has 1 aromatic carbocycles. The number of amides is 1. The highest BCUT2D eigenvalue weighted by atomic mass is 35.5. The van der Waals surface area contributed by atoms with Crippen molar-refractivity contribution in [1.29, 1.82) is 0 Å². The molecule has 0 aliphatic heterocycles. The van der Waals surface area contributed by atoms with Gasteiger partial charge in [0.05, 0.1) is 21.8 Å². The number of para-hydroxylation sites is 2. The standard InChI is InChI=1S/C23H26ClN7O4/c1-4-28(5-2)12-13-29-18-9-7-6-8-17(18)25-23(29)26-22(32)19-11-10-16(35-19)14-30-15(3)20(24)21(27-30)31(33)34/h6-11H,4-5,12-14H2,1-3H3,(H,25,26,32). The van der Waals surface area contributed by atoms with Crippen molar-refractivity contribution >= 4 is 40.3 Å². The molecule has 0 radical (unpaired) electrons. The van der Waals surface area contributed by atoms with Gasteiger partial charge in [0, 0.05) is 13.1 Å². The molecule has 1 amide bonds. The van der Waals surface area contributed by atoms with Gasteiger partial charge >= 0.3 is 5.82 Å². The number of hydrogen-bond donors (Lipinski definition) is 1. The summed E-state index contributed by atoms with van der Waals surface area (Å²) in [5.41, 5.74) is 2.15. The van der Waals surface area contributed by atoms with Crippen molar-refractivity contribution in [2.45, 2.75) is 33.9 Å². The lowest BCUT2D eigenvalue weighted by atomic mass is 10.3. The number of hydrogen-bond acceptors (Lipinski definition) is 7. The van der Waals surface area contributed by atoms with E-state index in [4.69, 9.17) is 16.0 Å². The largest absolute Gasteiger partial charge is 0.454 e. The minimum Gasteiger partial charge on any atom is -0.454 e. The van der Waals surface area contributed by atoms with Crippen LogP contribution in [0.25, 0.3) is 11.0 Å². The summed E-state index contributed by atoms with van der Waals surface area (Å²) < 4.78 is 9.06. The Kier molecular flexibility index (Phi) is 7.17. The number of likely N-dealkylation sites (N-methyl/N-ethyl adjacent to an activating group) is 1. The number of furan rings is 1. The van der Waals surface area contributed by atoms with Crippen molar-refractivity contribution < 1.29 is 14.1 Å². The number of halogens is 1. The van der Waals surface area contributed by atoms with Crippen molar-refractivity contribution in [2.75, 3.05) is 25.0 Å². The molecule has 1 N–H and O–H groups in total. The van der Waals surface area contributed by atoms with Gasteiger partial charge in [0.2, 0.25) is 5.95 Å². The molecule has 35 heavy (non-hydrogen) atoms. The van der Waals surface area contributed by atoms with Gasteiger partial charge in [-0.3, -0.25) is 10.1 Å². The predicted octanol–water partition coefficient (Wildman–Crippen LogP) is 4.34. The van der Waals surface area contributed by atoms with Crippen LogP contribution in [0.2, 0.25) is 5.02 Å². The molecule has 0 aliphatic carbocycles. The van der Waals surface area contributed by atoms with Gasteiger partial charge in [0.1, 0.15) is 12.3 Å². The normalized spacial score (nSPS) is 11.5. The van der Waals surface area contributed by atoms with Crippen LogP contribution in [0.4, 0.5) is 11.8 Å². The lowest BCUT2D eigenvalue weighted by Crippen LogP contribution is -2.27. The molecule has 11 nitrogen and oxygen atoms in total. The summed E-state index contributed by atoms with van der Waals surface area (Å²) in [7, 11) is 0. The minimum absolute atomic E-state index is 0.0249. The van der Waals surface area contributed by atoms with Crippen molar-refractivity contribution in [3.05, 3.63) is 68.7 Å². The highest BCUT2D eigenvalue weighted by Gasteiger charge is 2.25. The molecule has 0 spiro atoms. The Balaban J connectivity index is 1.53. The van der Waals surface area contributed by atoms with Crippen molar-refractivity contribution in [3.8, 4) is 0 Å². The summed E-state index contributed by atoms with van der Waals surface area (Å²) in [5, 5.41) is 17.8. The second-order valence-electron chi connectivity index (χ2n) is 7.96. The van der Waals surface area contributed by atoms with Crippen molar-refractivity contribution in [1.82, 2.24) is 24.2 Å². The highest BCUT2D eigenvalue weighted by molar-refractivity contribution is 6.33. The average molecular weight is 500 g/mol. The topological polar surface area (TPSA) is 124 Å². The van der Waals surface area contributed by atoms with Crippen LogP contribution in [0, 0.1) is 17.0 Å². The molecule has 0 saturated heterocycles. The first-order chi connectivity index (χ1) is 16.8. The molecule has 3 aromatic heterocycles. The number of carbonyl (C=O) groups excluding carboxylic acids is 1. The van der Waals surface area contributed by atoms with E-state index in [9.17, 15) is 14.9 Å². The van der Waals surface area contributed by atoms with Crippen molar-refractivity contribution in [3.63, 3.8) is 0 Å². The Hall–Kier alpha value is -3.70. The Bertz CT molecular complexity index is 1370. The van der Waals surface area contributed by atoms with Crippen LogP contribution in [-0.2, 0) is 13.1 Å². The number of nitrogens with zero attached hydrogens (tertiary/aromatic N) is 6. The molecule has 3 heterocycles. The van der Waals surface area contributed by atoms with E-state index in [1.807, 2.05) is 28.8 Å². The fourth-order valence-electron chi connectivity index (χ4n) is 3.85. The SMILES string of the molecule is CCN(CC)CCn1c(NC(=O)c2ccc(Cn3nc([N+](=O)[O-])c(Cl)c3C)o2)nc2ccccc21. The zero-order valence-corrected chi connectivity index (χ0v) is 20.4. The molecule has 4 rings (SSSR count). The molecule has 12 heteroatoms. The highest BCUT2D eigenvalue weighted by Crippen LogP contribution is 2.27. The van der Waals surface area contributed by atoms with Crippen LogP contribution in [0.3, 0.4) is 0 Å². The lowest BCUT2D eigenvalue weighted by molar-refractivity contribution is -0.389. The van der Waals surface area contributed by atoms with E-state index in [-0.39, 0.29) is 17.3 Å². The first-order valence-electron chi connectivity index (χ1n) is 11.3. The Morgan fingerprint density at radius 3 is 2.66 bits per heavy atom. The van der Waals surface area contributed by atoms with Gasteiger partial charge in [-0.05, 0) is 49.2 Å². The molecule has 0 saturated carbocycles. The third-order valence-corrected chi connectivity index (χ3v) is 6.34. The molecule has 0 unspecified atom stereocenters. The molecule has 0 aliphatic rings. The molecular formula is C23H26ClN7O4. The Morgan fingerprint density at radius 1 is 1.23 bits per heavy atom. The van der Waals surface area contributed by atoms with Gasteiger partial charge in [-0.15, -0.1) is 0 Å². The molecule has 184 valence electrons. The summed E-state index contributed by atoms with van der Waals surface area (Å²) in [6, 6.07) is 10.9. The van der Waals surface area contributed by atoms with E-state index in [0.717, 1.165) is 30.7 Å². The fourth-order valence-corrected chi connectivity index (χ4v) is 4.06. The molecule has 0 fully saturated rings. The predicted molar refractivity (Wildman–Crippen MR) is 132 cm³/mol. The van der Waals surface area contributed by atoms with Crippen LogP contribution in [-0.4, -0.2) is 54.7 Å². The third kappa shape index (κ3) is 5.05. The summed E-state index contributed by atoms with van der Waals surface area (Å²) in [6.07, 6.45) is 0. The Labute approximate surface area is 206 Å². The maximum Gasteiger partial charge on any atom is 0.408 e. The van der Waals surface area contributed by atoms with E-state index in [2.05, 4.69) is 34.1 Å². The van der Waals surface area contributed by atoms with Crippen LogP contribution in [0.1, 0.15) is 35.9 Å². The third-order valence-electron chi connectivity index (χ3n) is 5.89. The maximum absolute atomic E-state index is 13.0. The number of aromatic nitrogens is 4. The first-order valence-corrected chi connectivity index (χ1v) is 11.6. The van der Waals surface area contributed by atoms with E-state index < -0.39 is 16.6 Å². The minimum atomic E-state index is -0.640. The van der Waals surface area contributed by atoms with Crippen molar-refractivity contribution in [2.24, 2.45) is 0 Å². The van der Waals surface area contributed by atoms with Gasteiger partial charge in [0.25, 0.3) is 5.91 Å². The smallest absolute Gasteiger partial charge is 0.408 e. The van der Waals surface area contributed by atoms with Gasteiger partial charge < -0.3 is 24.0 Å². The number of carbonyl (C=O) groups is 1. The summed E-state index contributed by atoms with van der Waals surface area (Å²) in [4.78, 5) is 30.3. The van der Waals surface area contributed by atoms with E-state index in [0.29, 0.717) is 23.9 Å².